The Bertz CT molecular complexity index is 203. The zero-order chi connectivity index (χ0) is 8.10. The molecule has 1 atom stereocenters. The molecule has 1 rings (SSSR count). The smallest absolute Gasteiger partial charge is 0.187 e. The summed E-state index contributed by atoms with van der Waals surface area (Å²) in [7, 11) is 0. The van der Waals surface area contributed by atoms with Gasteiger partial charge in [-0.1, -0.05) is 11.8 Å². The summed E-state index contributed by atoms with van der Waals surface area (Å²) in [5.41, 5.74) is 0. The van der Waals surface area contributed by atoms with Crippen molar-refractivity contribution in [2.24, 2.45) is 0 Å². The Balaban J connectivity index is 2.39. The first-order valence-electron chi connectivity index (χ1n) is 3.37. The van der Waals surface area contributed by atoms with Gasteiger partial charge in [0.25, 0.3) is 0 Å². The van der Waals surface area contributed by atoms with E-state index in [2.05, 4.69) is 9.97 Å². The fraction of sp³-hybridized carbons (Fsp3) is 0.429. The highest BCUT2D eigenvalue weighted by atomic mass is 32.2. The second kappa shape index (κ2) is 4.31. The molecule has 0 aromatic carbocycles. The Morgan fingerprint density at radius 1 is 1.55 bits per heavy atom. The monoisotopic (exact) mass is 170 g/mol. The van der Waals surface area contributed by atoms with E-state index in [9.17, 15) is 0 Å². The summed E-state index contributed by atoms with van der Waals surface area (Å²) in [5, 5.41) is 9.65. The Hall–Kier alpha value is -0.610. The molecule has 0 amide bonds. The average Bonchev–Trinajstić information content (AvgIpc) is 2.03. The van der Waals surface area contributed by atoms with Crippen LogP contribution in [-0.2, 0) is 0 Å². The summed E-state index contributed by atoms with van der Waals surface area (Å²) < 4.78 is 0. The van der Waals surface area contributed by atoms with Crippen molar-refractivity contribution >= 4 is 11.8 Å². The molecular formula is C7H10N2OS. The van der Waals surface area contributed by atoms with E-state index in [-0.39, 0.29) is 6.10 Å². The van der Waals surface area contributed by atoms with Gasteiger partial charge in [-0.3, -0.25) is 0 Å². The fourth-order valence-electron chi connectivity index (χ4n) is 0.555. The summed E-state index contributed by atoms with van der Waals surface area (Å²) >= 11 is 1.46. The Kier molecular flexibility index (Phi) is 3.32. The highest BCUT2D eigenvalue weighted by molar-refractivity contribution is 7.99. The molecule has 0 radical (unpaired) electrons. The third-order valence-electron chi connectivity index (χ3n) is 0.996. The Morgan fingerprint density at radius 2 is 2.18 bits per heavy atom. The topological polar surface area (TPSA) is 46.0 Å². The van der Waals surface area contributed by atoms with E-state index >= 15 is 0 Å². The van der Waals surface area contributed by atoms with Gasteiger partial charge in [-0.05, 0) is 13.0 Å². The van der Waals surface area contributed by atoms with Gasteiger partial charge in [0.1, 0.15) is 0 Å². The third-order valence-corrected chi connectivity index (χ3v) is 2.11. The molecule has 3 nitrogen and oxygen atoms in total. The van der Waals surface area contributed by atoms with Crippen molar-refractivity contribution in [3.63, 3.8) is 0 Å². The third kappa shape index (κ3) is 3.34. The van der Waals surface area contributed by atoms with Crippen LogP contribution in [0, 0.1) is 0 Å². The van der Waals surface area contributed by atoms with Crippen LogP contribution in [-0.4, -0.2) is 26.9 Å². The van der Waals surface area contributed by atoms with Crippen LogP contribution in [0.15, 0.2) is 23.6 Å². The standard InChI is InChI=1S/C7H10N2OS/c1-6(10)5-11-7-8-3-2-4-9-7/h2-4,6,10H,5H2,1H3/t6-/m1/s1. The van der Waals surface area contributed by atoms with E-state index in [4.69, 9.17) is 5.11 Å². The molecule has 4 heteroatoms. The van der Waals surface area contributed by atoms with Crippen LogP contribution < -0.4 is 0 Å². The molecule has 0 aliphatic heterocycles. The lowest BCUT2D eigenvalue weighted by Crippen LogP contribution is -2.03. The van der Waals surface area contributed by atoms with E-state index in [0.29, 0.717) is 10.9 Å². The first kappa shape index (κ1) is 8.49. The van der Waals surface area contributed by atoms with Gasteiger partial charge in [0.15, 0.2) is 5.16 Å². The maximum atomic E-state index is 8.94. The van der Waals surface area contributed by atoms with Crippen molar-refractivity contribution in [2.45, 2.75) is 18.2 Å². The van der Waals surface area contributed by atoms with E-state index in [1.54, 1.807) is 25.4 Å². The molecule has 1 aromatic heterocycles. The number of rotatable bonds is 3. The molecule has 60 valence electrons. The van der Waals surface area contributed by atoms with Crippen LogP contribution in [0.25, 0.3) is 0 Å². The molecule has 0 aliphatic carbocycles. The quantitative estimate of drug-likeness (QED) is 0.542. The number of nitrogens with zero attached hydrogens (tertiary/aromatic N) is 2. The first-order valence-corrected chi connectivity index (χ1v) is 4.35. The number of aliphatic hydroxyl groups excluding tert-OH is 1. The lowest BCUT2D eigenvalue weighted by molar-refractivity contribution is 0.220. The van der Waals surface area contributed by atoms with E-state index in [1.807, 2.05) is 0 Å². The van der Waals surface area contributed by atoms with Crippen LogP contribution in [0.4, 0.5) is 0 Å². The highest BCUT2D eigenvalue weighted by Gasteiger charge is 1.98. The molecule has 0 unspecified atom stereocenters. The van der Waals surface area contributed by atoms with Gasteiger partial charge in [-0.15, -0.1) is 0 Å². The SMILES string of the molecule is C[C@@H](O)CSc1ncccn1. The summed E-state index contributed by atoms with van der Waals surface area (Å²) in [6, 6.07) is 1.77. The van der Waals surface area contributed by atoms with Crippen molar-refractivity contribution in [2.75, 3.05) is 5.75 Å². The second-order valence-electron chi connectivity index (χ2n) is 2.19. The number of aliphatic hydroxyl groups is 1. The van der Waals surface area contributed by atoms with Crippen LogP contribution in [0.2, 0.25) is 0 Å². The molecule has 0 fully saturated rings. The van der Waals surface area contributed by atoms with Gasteiger partial charge in [0, 0.05) is 18.1 Å². The summed E-state index contributed by atoms with van der Waals surface area (Å²) in [5.74, 6) is 0.643. The molecular weight excluding hydrogens is 160 g/mol. The van der Waals surface area contributed by atoms with Crippen LogP contribution in [0.5, 0.6) is 0 Å². The van der Waals surface area contributed by atoms with Crippen molar-refractivity contribution in [3.05, 3.63) is 18.5 Å². The number of aromatic nitrogens is 2. The second-order valence-corrected chi connectivity index (χ2v) is 3.18. The van der Waals surface area contributed by atoms with E-state index in [0.717, 1.165) is 0 Å². The van der Waals surface area contributed by atoms with Gasteiger partial charge in [0.2, 0.25) is 0 Å². The highest BCUT2D eigenvalue weighted by Crippen LogP contribution is 2.11. The summed E-state index contributed by atoms with van der Waals surface area (Å²) in [6.45, 7) is 1.75. The first-order chi connectivity index (χ1) is 5.29. The minimum Gasteiger partial charge on any atom is -0.393 e. The summed E-state index contributed by atoms with van der Waals surface area (Å²) in [6.07, 6.45) is 3.08. The number of thioether (sulfide) groups is 1. The van der Waals surface area contributed by atoms with Crippen LogP contribution in [0.3, 0.4) is 0 Å². The fourth-order valence-corrected chi connectivity index (χ4v) is 1.22. The molecule has 0 aliphatic rings. The molecule has 1 aromatic rings. The van der Waals surface area contributed by atoms with Gasteiger partial charge in [-0.2, -0.15) is 0 Å². The van der Waals surface area contributed by atoms with Crippen molar-refractivity contribution in [1.82, 2.24) is 9.97 Å². The van der Waals surface area contributed by atoms with Crippen molar-refractivity contribution < 1.29 is 5.11 Å². The van der Waals surface area contributed by atoms with Gasteiger partial charge >= 0.3 is 0 Å². The molecule has 11 heavy (non-hydrogen) atoms. The largest absolute Gasteiger partial charge is 0.393 e. The number of hydrogen-bond donors (Lipinski definition) is 1. The average molecular weight is 170 g/mol. The van der Waals surface area contributed by atoms with Gasteiger partial charge < -0.3 is 5.11 Å². The maximum absolute atomic E-state index is 8.94. The normalized spacial score (nSPS) is 12.9. The minimum absolute atomic E-state index is 0.302. The van der Waals surface area contributed by atoms with Crippen molar-refractivity contribution in [3.8, 4) is 0 Å². The van der Waals surface area contributed by atoms with Crippen LogP contribution >= 0.6 is 11.8 Å². The van der Waals surface area contributed by atoms with Gasteiger partial charge in [-0.25, -0.2) is 9.97 Å². The molecule has 1 heterocycles. The molecule has 0 bridgehead atoms. The Labute approximate surface area is 69.9 Å². The molecule has 0 saturated heterocycles. The predicted octanol–water partition coefficient (Wildman–Crippen LogP) is 0.950. The molecule has 0 saturated carbocycles. The summed E-state index contributed by atoms with van der Waals surface area (Å²) in [4.78, 5) is 7.98. The van der Waals surface area contributed by atoms with E-state index in [1.165, 1.54) is 11.8 Å². The van der Waals surface area contributed by atoms with E-state index < -0.39 is 0 Å². The Morgan fingerprint density at radius 3 is 2.73 bits per heavy atom. The maximum Gasteiger partial charge on any atom is 0.187 e. The minimum atomic E-state index is -0.302. The van der Waals surface area contributed by atoms with Crippen molar-refractivity contribution in [1.29, 1.82) is 0 Å². The zero-order valence-corrected chi connectivity index (χ0v) is 7.08. The zero-order valence-electron chi connectivity index (χ0n) is 6.27. The van der Waals surface area contributed by atoms with Gasteiger partial charge in [0.05, 0.1) is 6.10 Å². The lowest BCUT2D eigenvalue weighted by Gasteiger charge is -2.00. The molecule has 1 N–H and O–H groups in total. The number of hydrogen-bond acceptors (Lipinski definition) is 4. The van der Waals surface area contributed by atoms with Crippen LogP contribution in [0.1, 0.15) is 6.92 Å². The molecule has 0 spiro atoms. The lowest BCUT2D eigenvalue weighted by atomic mass is 10.5. The predicted molar refractivity (Wildman–Crippen MR) is 44.4 cm³/mol.